The molecular formula is C21H16N2O5S. The Kier molecular flexibility index (Phi) is 5.09. The van der Waals surface area contributed by atoms with E-state index in [0.29, 0.717) is 28.1 Å². The first kappa shape index (κ1) is 18.8. The molecule has 0 aliphatic carbocycles. The van der Waals surface area contributed by atoms with Gasteiger partial charge in [0.25, 0.3) is 5.71 Å². The van der Waals surface area contributed by atoms with Crippen LogP contribution >= 0.6 is 11.3 Å². The predicted molar refractivity (Wildman–Crippen MR) is 107 cm³/mol. The van der Waals surface area contributed by atoms with Gasteiger partial charge < -0.3 is 14.0 Å². The number of aryl methyl sites for hydroxylation is 1. The highest BCUT2D eigenvalue weighted by atomic mass is 32.1. The Bertz CT molecular complexity index is 1200. The van der Waals surface area contributed by atoms with Gasteiger partial charge in [0.1, 0.15) is 5.75 Å². The number of hydrogen-bond acceptors (Lipinski definition) is 8. The third-order valence-electron chi connectivity index (χ3n) is 4.34. The number of pyridine rings is 1. The number of esters is 1. The number of carbonyl (C=O) groups excluding carboxylic acids is 2. The number of carbonyl (C=O) groups is 2. The number of benzene rings is 1. The number of nitrogens with zero attached hydrogens (tertiary/aromatic N) is 2. The van der Waals surface area contributed by atoms with Gasteiger partial charge in [-0.25, -0.2) is 9.78 Å². The van der Waals surface area contributed by atoms with Crippen molar-refractivity contribution in [1.82, 2.24) is 10.1 Å². The van der Waals surface area contributed by atoms with E-state index in [0.717, 1.165) is 4.88 Å². The van der Waals surface area contributed by atoms with Crippen molar-refractivity contribution in [3.63, 3.8) is 0 Å². The molecule has 0 saturated heterocycles. The minimum absolute atomic E-state index is 0.250. The first-order valence-corrected chi connectivity index (χ1v) is 9.60. The van der Waals surface area contributed by atoms with Gasteiger partial charge in [0.05, 0.1) is 34.3 Å². The zero-order chi connectivity index (χ0) is 20.4. The van der Waals surface area contributed by atoms with Crippen LogP contribution in [0.4, 0.5) is 0 Å². The monoisotopic (exact) mass is 408 g/mol. The maximum absolute atomic E-state index is 12.8. The number of thiophene rings is 1. The second kappa shape index (κ2) is 7.84. The van der Waals surface area contributed by atoms with Crippen molar-refractivity contribution < 1.29 is 23.6 Å². The van der Waals surface area contributed by atoms with Crippen LogP contribution in [-0.4, -0.2) is 35.6 Å². The number of methoxy groups -OCH3 is 1. The molecule has 0 aliphatic heterocycles. The zero-order valence-corrected chi connectivity index (χ0v) is 16.5. The van der Waals surface area contributed by atoms with Gasteiger partial charge in [-0.05, 0) is 36.6 Å². The van der Waals surface area contributed by atoms with Crippen LogP contribution in [0.15, 0.2) is 52.4 Å². The lowest BCUT2D eigenvalue weighted by Gasteiger charge is -2.07. The standard InChI is InChI=1S/C21H16N2O5S/c1-12-19-15(10-16(18-7-4-8-29-18)22-20(19)28-23-12)21(25)27-11-17(24)13-5-3-6-14(9-13)26-2/h3-10H,11H2,1-2H3. The average Bonchev–Trinajstić information content (AvgIpc) is 3.41. The van der Waals surface area contributed by atoms with Crippen LogP contribution in [0.2, 0.25) is 0 Å². The highest BCUT2D eigenvalue weighted by Crippen LogP contribution is 2.29. The molecule has 7 nitrogen and oxygen atoms in total. The largest absolute Gasteiger partial charge is 0.497 e. The van der Waals surface area contributed by atoms with E-state index in [1.54, 1.807) is 37.3 Å². The van der Waals surface area contributed by atoms with E-state index in [4.69, 9.17) is 14.0 Å². The van der Waals surface area contributed by atoms with Gasteiger partial charge in [-0.1, -0.05) is 23.4 Å². The Balaban J connectivity index is 1.61. The molecule has 8 heteroatoms. The molecule has 3 heterocycles. The van der Waals surface area contributed by atoms with Gasteiger partial charge in [0.15, 0.2) is 12.4 Å². The van der Waals surface area contributed by atoms with Crippen molar-refractivity contribution >= 4 is 34.2 Å². The second-order valence-corrected chi connectivity index (χ2v) is 7.16. The Morgan fingerprint density at radius 2 is 2.03 bits per heavy atom. The second-order valence-electron chi connectivity index (χ2n) is 6.21. The maximum Gasteiger partial charge on any atom is 0.339 e. The van der Waals surface area contributed by atoms with Gasteiger partial charge in [-0.15, -0.1) is 11.3 Å². The first-order chi connectivity index (χ1) is 14.1. The summed E-state index contributed by atoms with van der Waals surface area (Å²) in [5.41, 5.74) is 2.01. The molecule has 0 aliphatic rings. The van der Waals surface area contributed by atoms with Crippen molar-refractivity contribution in [3.8, 4) is 16.3 Å². The Morgan fingerprint density at radius 1 is 1.17 bits per heavy atom. The molecule has 0 N–H and O–H groups in total. The molecule has 1 aromatic carbocycles. The number of rotatable bonds is 6. The quantitative estimate of drug-likeness (QED) is 0.347. The molecule has 0 unspecified atom stereocenters. The van der Waals surface area contributed by atoms with E-state index in [1.165, 1.54) is 18.4 Å². The molecule has 146 valence electrons. The van der Waals surface area contributed by atoms with E-state index in [9.17, 15) is 9.59 Å². The Hall–Kier alpha value is -3.52. The summed E-state index contributed by atoms with van der Waals surface area (Å²) in [7, 11) is 1.52. The highest BCUT2D eigenvalue weighted by molar-refractivity contribution is 7.13. The van der Waals surface area contributed by atoms with Crippen LogP contribution in [0.1, 0.15) is 26.4 Å². The number of Topliss-reactive ketones (excluding diaryl/α,β-unsaturated/α-hetero) is 1. The van der Waals surface area contributed by atoms with Crippen molar-refractivity contribution in [1.29, 1.82) is 0 Å². The first-order valence-electron chi connectivity index (χ1n) is 8.72. The molecule has 0 fully saturated rings. The lowest BCUT2D eigenvalue weighted by Crippen LogP contribution is -2.15. The molecule has 3 aromatic heterocycles. The summed E-state index contributed by atoms with van der Waals surface area (Å²) in [6.07, 6.45) is 0. The fourth-order valence-electron chi connectivity index (χ4n) is 2.89. The lowest BCUT2D eigenvalue weighted by atomic mass is 10.1. The number of hydrogen-bond donors (Lipinski definition) is 0. The summed E-state index contributed by atoms with van der Waals surface area (Å²) < 4.78 is 15.7. The lowest BCUT2D eigenvalue weighted by molar-refractivity contribution is 0.0476. The predicted octanol–water partition coefficient (Wildman–Crippen LogP) is 4.31. The summed E-state index contributed by atoms with van der Waals surface area (Å²) in [5.74, 6) is -0.417. The Labute approximate surface area is 169 Å². The van der Waals surface area contributed by atoms with Crippen molar-refractivity contribution in [2.24, 2.45) is 0 Å². The van der Waals surface area contributed by atoms with Crippen molar-refractivity contribution in [3.05, 3.63) is 64.7 Å². The topological polar surface area (TPSA) is 91.5 Å². The normalized spacial score (nSPS) is 10.8. The van der Waals surface area contributed by atoms with Crippen LogP contribution in [0.3, 0.4) is 0 Å². The van der Waals surface area contributed by atoms with Crippen molar-refractivity contribution in [2.45, 2.75) is 6.92 Å². The van der Waals surface area contributed by atoms with Crippen LogP contribution in [0.25, 0.3) is 21.7 Å². The van der Waals surface area contributed by atoms with E-state index in [2.05, 4.69) is 10.1 Å². The van der Waals surface area contributed by atoms with Gasteiger partial charge in [0, 0.05) is 5.56 Å². The van der Waals surface area contributed by atoms with Gasteiger partial charge in [0.2, 0.25) is 0 Å². The molecule has 0 saturated carbocycles. The number of aromatic nitrogens is 2. The molecule has 0 bridgehead atoms. The summed E-state index contributed by atoms with van der Waals surface area (Å²) in [6.45, 7) is 1.32. The van der Waals surface area contributed by atoms with Gasteiger partial charge in [-0.3, -0.25) is 4.79 Å². The maximum atomic E-state index is 12.8. The minimum Gasteiger partial charge on any atom is -0.497 e. The molecular weight excluding hydrogens is 392 g/mol. The molecule has 0 atom stereocenters. The fourth-order valence-corrected chi connectivity index (χ4v) is 3.58. The third kappa shape index (κ3) is 3.74. The molecule has 4 aromatic rings. The summed E-state index contributed by atoms with van der Waals surface area (Å²) in [5, 5.41) is 6.29. The van der Waals surface area contributed by atoms with Crippen LogP contribution in [0, 0.1) is 6.92 Å². The highest BCUT2D eigenvalue weighted by Gasteiger charge is 2.21. The SMILES string of the molecule is COc1cccc(C(=O)COC(=O)c2cc(-c3cccs3)nc3onc(C)c23)c1. The molecule has 29 heavy (non-hydrogen) atoms. The van der Waals surface area contributed by atoms with Crippen LogP contribution < -0.4 is 4.74 Å². The Morgan fingerprint density at radius 3 is 2.79 bits per heavy atom. The molecule has 0 amide bonds. The third-order valence-corrected chi connectivity index (χ3v) is 5.23. The van der Waals surface area contributed by atoms with Crippen LogP contribution in [-0.2, 0) is 4.74 Å². The van der Waals surface area contributed by atoms with E-state index in [1.807, 2.05) is 17.5 Å². The summed E-state index contributed by atoms with van der Waals surface area (Å²) >= 11 is 1.49. The smallest absolute Gasteiger partial charge is 0.339 e. The van der Waals surface area contributed by atoms with E-state index in [-0.39, 0.29) is 17.1 Å². The number of ketones is 1. The molecule has 0 radical (unpaired) electrons. The van der Waals surface area contributed by atoms with Gasteiger partial charge >= 0.3 is 5.97 Å². The van der Waals surface area contributed by atoms with Crippen molar-refractivity contribution in [2.75, 3.05) is 13.7 Å². The average molecular weight is 408 g/mol. The molecule has 0 spiro atoms. The van der Waals surface area contributed by atoms with Gasteiger partial charge in [-0.2, -0.15) is 0 Å². The van der Waals surface area contributed by atoms with E-state index < -0.39 is 12.6 Å². The number of fused-ring (bicyclic) bond motifs is 1. The molecule has 4 rings (SSSR count). The number of ether oxygens (including phenoxy) is 2. The zero-order valence-electron chi connectivity index (χ0n) is 15.7. The fraction of sp³-hybridized carbons (Fsp3) is 0.143. The summed E-state index contributed by atoms with van der Waals surface area (Å²) in [6, 6.07) is 12.1. The van der Waals surface area contributed by atoms with E-state index >= 15 is 0 Å². The van der Waals surface area contributed by atoms with Crippen LogP contribution in [0.5, 0.6) is 5.75 Å². The summed E-state index contributed by atoms with van der Waals surface area (Å²) in [4.78, 5) is 30.5. The minimum atomic E-state index is -0.641.